The zero-order valence-electron chi connectivity index (χ0n) is 12.6. The van der Waals surface area contributed by atoms with E-state index in [4.69, 9.17) is 10.2 Å². The molecule has 0 saturated carbocycles. The van der Waals surface area contributed by atoms with Gasteiger partial charge in [0, 0.05) is 12.5 Å². The van der Waals surface area contributed by atoms with E-state index < -0.39 is 17.4 Å². The van der Waals surface area contributed by atoms with E-state index in [0.717, 1.165) is 6.07 Å². The number of carbonyl (C=O) groups excluding carboxylic acids is 2. The number of anilines is 1. The predicted molar refractivity (Wildman–Crippen MR) is 85.2 cm³/mol. The van der Waals surface area contributed by atoms with E-state index in [-0.39, 0.29) is 16.9 Å². The van der Waals surface area contributed by atoms with Gasteiger partial charge < -0.3 is 10.2 Å². The maximum atomic E-state index is 12.5. The summed E-state index contributed by atoms with van der Waals surface area (Å²) in [4.78, 5) is 40.5. The average molecular weight is 324 g/mol. The number of fused-ring (bicyclic) bond motifs is 2. The van der Waals surface area contributed by atoms with Gasteiger partial charge in [0.05, 0.1) is 16.8 Å². The van der Waals surface area contributed by atoms with Gasteiger partial charge in [-0.1, -0.05) is 13.0 Å². The van der Waals surface area contributed by atoms with Crippen molar-refractivity contribution in [2.24, 2.45) is 0 Å². The molecule has 0 atom stereocenters. The van der Waals surface area contributed by atoms with Gasteiger partial charge in [0.2, 0.25) is 0 Å². The van der Waals surface area contributed by atoms with Gasteiger partial charge in [0.15, 0.2) is 11.5 Å². The number of nitrogens with two attached hydrogens (primary N) is 1. The summed E-state index contributed by atoms with van der Waals surface area (Å²) in [6, 6.07) is 6.19. The number of nitrogen functional groups attached to an aromatic ring is 1. The molecule has 3 heterocycles. The highest BCUT2D eigenvalue weighted by Gasteiger charge is 2.32. The zero-order chi connectivity index (χ0) is 17.0. The summed E-state index contributed by atoms with van der Waals surface area (Å²) in [5.41, 5.74) is 6.87. The quantitative estimate of drug-likeness (QED) is 0.679. The number of hydrogen-bond acceptors (Lipinski definition) is 6. The van der Waals surface area contributed by atoms with Crippen LogP contribution in [0.1, 0.15) is 33.5 Å². The van der Waals surface area contributed by atoms with Crippen molar-refractivity contribution in [2.45, 2.75) is 13.3 Å². The van der Waals surface area contributed by atoms with Gasteiger partial charge in [0.1, 0.15) is 11.3 Å². The summed E-state index contributed by atoms with van der Waals surface area (Å²) in [7, 11) is 0. The first-order chi connectivity index (χ1) is 11.5. The molecule has 1 aliphatic rings. The third-order valence-electron chi connectivity index (χ3n) is 3.94. The van der Waals surface area contributed by atoms with Gasteiger partial charge in [-0.3, -0.25) is 24.3 Å². The van der Waals surface area contributed by atoms with Crippen molar-refractivity contribution in [2.75, 3.05) is 5.73 Å². The molecule has 2 aromatic heterocycles. The van der Waals surface area contributed by atoms with Crippen LogP contribution in [0.25, 0.3) is 16.8 Å². The lowest BCUT2D eigenvalue weighted by Crippen LogP contribution is -2.24. The fraction of sp³-hybridized carbons (Fsp3) is 0.125. The maximum absolute atomic E-state index is 12.5. The van der Waals surface area contributed by atoms with Crippen molar-refractivity contribution in [3.05, 3.63) is 51.6 Å². The Hall–Kier alpha value is -3.42. The van der Waals surface area contributed by atoms with Crippen LogP contribution in [0.2, 0.25) is 0 Å². The number of aromatic nitrogens is 2. The fourth-order valence-corrected chi connectivity index (χ4v) is 2.84. The van der Waals surface area contributed by atoms with Gasteiger partial charge in [-0.2, -0.15) is 0 Å². The van der Waals surface area contributed by atoms with E-state index in [1.165, 1.54) is 4.57 Å². The Labute approximate surface area is 134 Å². The van der Waals surface area contributed by atoms with Crippen LogP contribution in [-0.4, -0.2) is 21.4 Å². The number of nitrogens with one attached hydrogen (secondary N) is 1. The van der Waals surface area contributed by atoms with Crippen LogP contribution >= 0.6 is 0 Å². The minimum absolute atomic E-state index is 0.00388. The first kappa shape index (κ1) is 14.2. The molecular formula is C16H12N4O4. The van der Waals surface area contributed by atoms with Gasteiger partial charge in [-0.25, -0.2) is 4.98 Å². The molecule has 8 heteroatoms. The van der Waals surface area contributed by atoms with Crippen LogP contribution in [0.4, 0.5) is 5.82 Å². The van der Waals surface area contributed by atoms with E-state index in [9.17, 15) is 14.4 Å². The van der Waals surface area contributed by atoms with E-state index in [1.54, 1.807) is 18.2 Å². The Bertz CT molecular complexity index is 1090. The molecule has 0 unspecified atom stereocenters. The fourth-order valence-electron chi connectivity index (χ4n) is 2.84. The smallest absolute Gasteiger partial charge is 0.262 e. The van der Waals surface area contributed by atoms with Crippen molar-refractivity contribution >= 4 is 28.7 Å². The van der Waals surface area contributed by atoms with Crippen molar-refractivity contribution < 1.29 is 14.0 Å². The third kappa shape index (κ3) is 1.79. The SMILES string of the molecule is CCc1nc2c(-n3c(N)c4c(cc3=O)C(=O)NC4=O)cccc2o1. The highest BCUT2D eigenvalue weighted by atomic mass is 16.3. The van der Waals surface area contributed by atoms with Crippen LogP contribution in [0.3, 0.4) is 0 Å². The first-order valence-electron chi connectivity index (χ1n) is 7.31. The molecular weight excluding hydrogens is 312 g/mol. The molecule has 3 aromatic rings. The van der Waals surface area contributed by atoms with Crippen molar-refractivity contribution in [1.29, 1.82) is 0 Å². The van der Waals surface area contributed by atoms with Gasteiger partial charge in [-0.05, 0) is 12.1 Å². The highest BCUT2D eigenvalue weighted by Crippen LogP contribution is 2.27. The van der Waals surface area contributed by atoms with E-state index in [0.29, 0.717) is 29.1 Å². The van der Waals surface area contributed by atoms with Crippen molar-refractivity contribution in [3.8, 4) is 5.69 Å². The minimum Gasteiger partial charge on any atom is -0.441 e. The second-order valence-corrected chi connectivity index (χ2v) is 5.36. The molecule has 0 bridgehead atoms. The minimum atomic E-state index is -0.626. The molecule has 0 spiro atoms. The van der Waals surface area contributed by atoms with Crippen molar-refractivity contribution in [3.63, 3.8) is 0 Å². The van der Waals surface area contributed by atoms with Crippen molar-refractivity contribution in [1.82, 2.24) is 14.9 Å². The van der Waals surface area contributed by atoms with E-state index in [1.807, 2.05) is 6.92 Å². The van der Waals surface area contributed by atoms with Crippen LogP contribution in [0, 0.1) is 0 Å². The summed E-state index contributed by atoms with van der Waals surface area (Å²) in [6.45, 7) is 1.90. The number of oxazole rings is 1. The lowest BCUT2D eigenvalue weighted by Gasteiger charge is -2.11. The molecule has 0 saturated heterocycles. The number of pyridine rings is 1. The first-order valence-corrected chi connectivity index (χ1v) is 7.31. The molecule has 1 aromatic carbocycles. The standard InChI is InChI=1S/C16H12N4O4/c1-2-10-18-13-8(4-3-5-9(13)24-10)20-11(21)6-7-12(14(20)17)16(23)19-15(7)22/h3-6H,2,17H2,1H3,(H,19,22,23). The Balaban J connectivity index is 2.07. The molecule has 4 rings (SSSR count). The van der Waals surface area contributed by atoms with Crippen LogP contribution in [0.15, 0.2) is 33.5 Å². The molecule has 0 aliphatic carbocycles. The molecule has 0 radical (unpaired) electrons. The molecule has 2 amide bonds. The highest BCUT2D eigenvalue weighted by molar-refractivity contribution is 6.23. The van der Waals surface area contributed by atoms with Crippen LogP contribution in [-0.2, 0) is 6.42 Å². The zero-order valence-corrected chi connectivity index (χ0v) is 12.6. The third-order valence-corrected chi connectivity index (χ3v) is 3.94. The number of nitrogens with zero attached hydrogens (tertiary/aromatic N) is 2. The van der Waals surface area contributed by atoms with E-state index in [2.05, 4.69) is 10.3 Å². The Morgan fingerprint density at radius 1 is 1.25 bits per heavy atom. The number of imide groups is 1. The number of hydrogen-bond donors (Lipinski definition) is 2. The molecule has 1 aliphatic heterocycles. The number of para-hydroxylation sites is 1. The maximum Gasteiger partial charge on any atom is 0.262 e. The molecule has 0 fully saturated rings. The lowest BCUT2D eigenvalue weighted by molar-refractivity contribution is 0.0880. The normalized spacial score (nSPS) is 13.4. The summed E-state index contributed by atoms with van der Waals surface area (Å²) in [5.74, 6) is -0.825. The number of amides is 2. The molecule has 120 valence electrons. The largest absolute Gasteiger partial charge is 0.441 e. The van der Waals surface area contributed by atoms with Gasteiger partial charge in [-0.15, -0.1) is 0 Å². The number of rotatable bonds is 2. The average Bonchev–Trinajstić information content (AvgIpc) is 3.09. The van der Waals surface area contributed by atoms with Gasteiger partial charge >= 0.3 is 0 Å². The number of carbonyl (C=O) groups is 2. The molecule has 24 heavy (non-hydrogen) atoms. The second-order valence-electron chi connectivity index (χ2n) is 5.36. The molecule has 3 N–H and O–H groups in total. The number of aryl methyl sites for hydroxylation is 1. The monoisotopic (exact) mass is 324 g/mol. The Morgan fingerprint density at radius 3 is 2.79 bits per heavy atom. The summed E-state index contributed by atoms with van der Waals surface area (Å²) in [5, 5.41) is 2.14. The van der Waals surface area contributed by atoms with Crippen LogP contribution < -0.4 is 16.6 Å². The topological polar surface area (TPSA) is 120 Å². The summed E-state index contributed by atoms with van der Waals surface area (Å²) < 4.78 is 6.76. The Kier molecular flexibility index (Phi) is 2.83. The summed E-state index contributed by atoms with van der Waals surface area (Å²) in [6.07, 6.45) is 0.597. The molecule has 8 nitrogen and oxygen atoms in total. The van der Waals surface area contributed by atoms with Crippen LogP contribution in [0.5, 0.6) is 0 Å². The van der Waals surface area contributed by atoms with E-state index >= 15 is 0 Å². The Morgan fingerprint density at radius 2 is 2.04 bits per heavy atom. The van der Waals surface area contributed by atoms with Gasteiger partial charge in [0.25, 0.3) is 17.4 Å². The second kappa shape index (κ2) is 4.79. The predicted octanol–water partition coefficient (Wildman–Crippen LogP) is 1.01. The lowest BCUT2D eigenvalue weighted by atomic mass is 10.1. The summed E-state index contributed by atoms with van der Waals surface area (Å²) >= 11 is 0. The number of benzene rings is 1.